The second-order valence-electron chi connectivity index (χ2n) is 3.59. The van der Waals surface area contributed by atoms with E-state index in [4.69, 9.17) is 0 Å². The molecule has 2 rings (SSSR count). The first kappa shape index (κ1) is 13.0. The minimum absolute atomic E-state index is 0.234. The van der Waals surface area contributed by atoms with Crippen LogP contribution in [-0.4, -0.2) is 16.5 Å². The SMILES string of the molecule is Cc1ccc2cccc(S(=O)(=O)C(Br)Br)c2n1. The van der Waals surface area contributed by atoms with Crippen LogP contribution in [0.25, 0.3) is 10.9 Å². The molecule has 90 valence electrons. The van der Waals surface area contributed by atoms with E-state index in [2.05, 4.69) is 36.8 Å². The van der Waals surface area contributed by atoms with Crippen molar-refractivity contribution in [2.75, 3.05) is 0 Å². The number of hydrogen-bond acceptors (Lipinski definition) is 3. The summed E-state index contributed by atoms with van der Waals surface area (Å²) in [5.74, 6) is 0. The van der Waals surface area contributed by atoms with Gasteiger partial charge in [0.05, 0.1) is 10.4 Å². The topological polar surface area (TPSA) is 47.0 Å². The molecule has 0 aliphatic rings. The van der Waals surface area contributed by atoms with E-state index >= 15 is 0 Å². The molecule has 0 bridgehead atoms. The largest absolute Gasteiger partial charge is 0.252 e. The highest BCUT2D eigenvalue weighted by molar-refractivity contribution is 9.27. The number of benzene rings is 1. The zero-order valence-electron chi connectivity index (χ0n) is 8.89. The third kappa shape index (κ3) is 2.39. The van der Waals surface area contributed by atoms with Crippen LogP contribution in [0.15, 0.2) is 35.2 Å². The summed E-state index contributed by atoms with van der Waals surface area (Å²) in [5, 5.41) is 0.817. The molecule has 0 unspecified atom stereocenters. The van der Waals surface area contributed by atoms with Crippen molar-refractivity contribution in [1.82, 2.24) is 4.98 Å². The van der Waals surface area contributed by atoms with Gasteiger partial charge in [0.2, 0.25) is 9.84 Å². The number of nitrogens with zero attached hydrogens (tertiary/aromatic N) is 1. The maximum Gasteiger partial charge on any atom is 0.203 e. The van der Waals surface area contributed by atoms with Crippen LogP contribution in [0.1, 0.15) is 5.69 Å². The summed E-state index contributed by atoms with van der Waals surface area (Å²) in [6.07, 6.45) is 0. The number of alkyl halides is 2. The van der Waals surface area contributed by atoms with E-state index in [1.165, 1.54) is 0 Å². The lowest BCUT2D eigenvalue weighted by Gasteiger charge is -2.08. The number of para-hydroxylation sites is 1. The summed E-state index contributed by atoms with van der Waals surface area (Å²) in [5.41, 5.74) is 1.30. The Labute approximate surface area is 116 Å². The standard InChI is InChI=1S/C11H9Br2NO2S/c1-7-5-6-8-3-2-4-9(10(8)14-7)17(15,16)11(12)13/h2-6,11H,1H3. The van der Waals surface area contributed by atoms with Gasteiger partial charge >= 0.3 is 0 Å². The van der Waals surface area contributed by atoms with Crippen molar-refractivity contribution in [3.63, 3.8) is 0 Å². The highest BCUT2D eigenvalue weighted by atomic mass is 79.9. The summed E-state index contributed by atoms with van der Waals surface area (Å²) in [4.78, 5) is 4.54. The minimum atomic E-state index is -3.45. The molecule has 17 heavy (non-hydrogen) atoms. The molecule has 1 heterocycles. The molecule has 0 fully saturated rings. The van der Waals surface area contributed by atoms with Gasteiger partial charge in [0.1, 0.15) is 0 Å². The first-order chi connectivity index (χ1) is 7.93. The van der Waals surface area contributed by atoms with Crippen LogP contribution >= 0.6 is 31.9 Å². The van der Waals surface area contributed by atoms with Crippen LogP contribution < -0.4 is 0 Å². The van der Waals surface area contributed by atoms with E-state index in [0.717, 1.165) is 11.1 Å². The molecule has 0 saturated carbocycles. The Bertz CT molecular complexity index is 668. The molecule has 0 saturated heterocycles. The average Bonchev–Trinajstić information content (AvgIpc) is 2.27. The molecule has 0 amide bonds. The number of pyridine rings is 1. The minimum Gasteiger partial charge on any atom is -0.252 e. The van der Waals surface area contributed by atoms with Crippen molar-refractivity contribution >= 4 is 52.6 Å². The molecule has 0 atom stereocenters. The van der Waals surface area contributed by atoms with Gasteiger partial charge in [0, 0.05) is 11.1 Å². The number of halogens is 2. The summed E-state index contributed by atoms with van der Waals surface area (Å²) in [6, 6.07) is 8.86. The first-order valence-electron chi connectivity index (χ1n) is 4.81. The van der Waals surface area contributed by atoms with E-state index < -0.39 is 12.9 Å². The van der Waals surface area contributed by atoms with Gasteiger partial charge in [-0.05, 0) is 19.1 Å². The Morgan fingerprint density at radius 2 is 1.88 bits per heavy atom. The van der Waals surface area contributed by atoms with Gasteiger partial charge in [-0.25, -0.2) is 8.42 Å². The molecule has 0 radical (unpaired) electrons. The lowest BCUT2D eigenvalue weighted by Crippen LogP contribution is -2.09. The van der Waals surface area contributed by atoms with Crippen molar-refractivity contribution in [1.29, 1.82) is 0 Å². The zero-order chi connectivity index (χ0) is 12.6. The van der Waals surface area contributed by atoms with Crippen LogP contribution in [0.3, 0.4) is 0 Å². The molecule has 1 aromatic carbocycles. The van der Waals surface area contributed by atoms with Crippen molar-refractivity contribution in [3.8, 4) is 0 Å². The molecule has 0 aliphatic carbocycles. The lowest BCUT2D eigenvalue weighted by atomic mass is 10.2. The van der Waals surface area contributed by atoms with Crippen molar-refractivity contribution in [2.24, 2.45) is 0 Å². The second kappa shape index (κ2) is 4.66. The van der Waals surface area contributed by atoms with E-state index in [-0.39, 0.29) is 4.90 Å². The van der Waals surface area contributed by atoms with Crippen molar-refractivity contribution in [3.05, 3.63) is 36.0 Å². The quantitative estimate of drug-likeness (QED) is 0.752. The zero-order valence-corrected chi connectivity index (χ0v) is 12.9. The van der Waals surface area contributed by atoms with E-state index in [9.17, 15) is 8.42 Å². The Hall–Kier alpha value is -0.460. The fraction of sp³-hybridized carbons (Fsp3) is 0.182. The molecule has 0 N–H and O–H groups in total. The van der Waals surface area contributed by atoms with Gasteiger partial charge in [-0.3, -0.25) is 4.98 Å². The molecule has 2 aromatic rings. The van der Waals surface area contributed by atoms with E-state index in [1.54, 1.807) is 12.1 Å². The summed E-state index contributed by atoms with van der Waals surface area (Å²) in [6.45, 7) is 1.84. The highest BCUT2D eigenvalue weighted by Crippen LogP contribution is 2.29. The smallest absolute Gasteiger partial charge is 0.203 e. The summed E-state index contributed by atoms with van der Waals surface area (Å²) < 4.78 is 23.4. The van der Waals surface area contributed by atoms with Crippen LogP contribution in [-0.2, 0) is 9.84 Å². The van der Waals surface area contributed by atoms with Gasteiger partial charge in [-0.1, -0.05) is 50.1 Å². The fourth-order valence-electron chi connectivity index (χ4n) is 1.54. The predicted molar refractivity (Wildman–Crippen MR) is 75.3 cm³/mol. The molecule has 0 aliphatic heterocycles. The Kier molecular flexibility index (Phi) is 3.56. The van der Waals surface area contributed by atoms with Crippen LogP contribution in [0, 0.1) is 6.92 Å². The normalized spacial score (nSPS) is 12.2. The monoisotopic (exact) mass is 377 g/mol. The molecule has 6 heteroatoms. The van der Waals surface area contributed by atoms with E-state index in [0.29, 0.717) is 5.52 Å². The molecular formula is C11H9Br2NO2S. The third-order valence-corrected chi connectivity index (χ3v) is 6.73. The van der Waals surface area contributed by atoms with Crippen LogP contribution in [0.4, 0.5) is 0 Å². The second-order valence-corrected chi connectivity index (χ2v) is 9.86. The number of hydrogen-bond donors (Lipinski definition) is 0. The lowest BCUT2D eigenvalue weighted by molar-refractivity contribution is 0.600. The Morgan fingerprint density at radius 3 is 2.53 bits per heavy atom. The van der Waals surface area contributed by atoms with Crippen molar-refractivity contribution < 1.29 is 8.42 Å². The number of aryl methyl sites for hydroxylation is 1. The number of sulfone groups is 1. The predicted octanol–water partition coefficient (Wildman–Crippen LogP) is 3.39. The summed E-state index contributed by atoms with van der Waals surface area (Å²) >= 11 is 6.08. The van der Waals surface area contributed by atoms with Crippen LogP contribution in [0.5, 0.6) is 0 Å². The molecule has 1 aromatic heterocycles. The number of aromatic nitrogens is 1. The van der Waals surface area contributed by atoms with Crippen LogP contribution in [0.2, 0.25) is 0 Å². The van der Waals surface area contributed by atoms with Gasteiger partial charge < -0.3 is 0 Å². The molecule has 3 nitrogen and oxygen atoms in total. The average molecular weight is 379 g/mol. The van der Waals surface area contributed by atoms with Gasteiger partial charge in [0.25, 0.3) is 0 Å². The highest BCUT2D eigenvalue weighted by Gasteiger charge is 2.24. The molecule has 0 spiro atoms. The van der Waals surface area contributed by atoms with Gasteiger partial charge in [0.15, 0.2) is 3.07 Å². The first-order valence-corrected chi connectivity index (χ1v) is 8.19. The maximum absolute atomic E-state index is 12.1. The molecular weight excluding hydrogens is 370 g/mol. The number of rotatable bonds is 2. The number of fused-ring (bicyclic) bond motifs is 1. The van der Waals surface area contributed by atoms with Gasteiger partial charge in [-0.2, -0.15) is 0 Å². The van der Waals surface area contributed by atoms with E-state index in [1.807, 2.05) is 25.1 Å². The maximum atomic E-state index is 12.1. The fourth-order valence-corrected chi connectivity index (χ4v) is 3.64. The Balaban J connectivity index is 2.83. The van der Waals surface area contributed by atoms with Crippen molar-refractivity contribution in [2.45, 2.75) is 14.9 Å². The van der Waals surface area contributed by atoms with Gasteiger partial charge in [-0.15, -0.1) is 0 Å². The summed E-state index contributed by atoms with van der Waals surface area (Å²) in [7, 11) is -3.45. The third-order valence-electron chi connectivity index (χ3n) is 2.36. The Morgan fingerprint density at radius 1 is 1.18 bits per heavy atom.